The van der Waals surface area contributed by atoms with Gasteiger partial charge in [0.25, 0.3) is 11.5 Å². The van der Waals surface area contributed by atoms with Crippen LogP contribution >= 0.6 is 11.6 Å². The topological polar surface area (TPSA) is 71.4 Å². The molecular weight excluding hydrogens is 402 g/mol. The summed E-state index contributed by atoms with van der Waals surface area (Å²) in [4.78, 5) is 40.1. The van der Waals surface area contributed by atoms with Crippen LogP contribution in [-0.2, 0) is 11.3 Å². The fourth-order valence-corrected chi connectivity index (χ4v) is 3.59. The highest BCUT2D eigenvalue weighted by Crippen LogP contribution is 2.21. The Hall–Kier alpha value is -3.12. The minimum absolute atomic E-state index is 0.176. The molecule has 0 aliphatic carbocycles. The molecule has 0 atom stereocenters. The average Bonchev–Trinajstić information content (AvgIpc) is 2.73. The minimum atomic E-state index is -0.401. The third-order valence-electron chi connectivity index (χ3n) is 5.08. The summed E-state index contributed by atoms with van der Waals surface area (Å²) in [7, 11) is 0. The number of halogens is 1. The Balaban J connectivity index is 1.99. The molecule has 0 aliphatic rings. The van der Waals surface area contributed by atoms with Gasteiger partial charge in [-0.2, -0.15) is 0 Å². The standard InChI is InChI=1S/C23H24ClN3O3/c1-4-26(5-2)23(30)18-13-22(29)27(20-9-7-6-8-17(18)20)14-21(28)25-19-12-16(24)11-10-15(19)3/h6-13H,4-5,14H2,1-3H3,(H,25,28). The van der Waals surface area contributed by atoms with Crippen LogP contribution in [0.5, 0.6) is 0 Å². The average molecular weight is 426 g/mol. The number of nitrogens with one attached hydrogen (secondary N) is 1. The number of rotatable bonds is 6. The SMILES string of the molecule is CCN(CC)C(=O)c1cc(=O)n(CC(=O)Nc2cc(Cl)ccc2C)c2ccccc12. The molecule has 6 nitrogen and oxygen atoms in total. The number of carbonyl (C=O) groups is 2. The summed E-state index contributed by atoms with van der Waals surface area (Å²) in [5.41, 5.74) is 1.95. The van der Waals surface area contributed by atoms with E-state index in [2.05, 4.69) is 5.32 Å². The molecule has 0 unspecified atom stereocenters. The zero-order valence-corrected chi connectivity index (χ0v) is 18.0. The Bertz CT molecular complexity index is 1170. The van der Waals surface area contributed by atoms with Crippen molar-refractivity contribution in [3.8, 4) is 0 Å². The number of pyridine rings is 1. The summed E-state index contributed by atoms with van der Waals surface area (Å²) in [5, 5.41) is 3.96. The number of anilines is 1. The number of hydrogen-bond donors (Lipinski definition) is 1. The predicted molar refractivity (Wildman–Crippen MR) is 120 cm³/mol. The molecule has 2 amide bonds. The second-order valence-corrected chi connectivity index (χ2v) is 7.42. The number of aromatic nitrogens is 1. The van der Waals surface area contributed by atoms with Crippen molar-refractivity contribution in [3.05, 3.63) is 75.0 Å². The van der Waals surface area contributed by atoms with Crippen molar-refractivity contribution in [2.75, 3.05) is 18.4 Å². The van der Waals surface area contributed by atoms with Crippen LogP contribution in [0.2, 0.25) is 5.02 Å². The Morgan fingerprint density at radius 1 is 1.07 bits per heavy atom. The van der Waals surface area contributed by atoms with Crippen molar-refractivity contribution in [2.45, 2.75) is 27.3 Å². The number of nitrogens with zero attached hydrogens (tertiary/aromatic N) is 2. The van der Waals surface area contributed by atoms with Crippen LogP contribution in [0.3, 0.4) is 0 Å². The normalized spacial score (nSPS) is 10.8. The lowest BCUT2D eigenvalue weighted by atomic mass is 10.1. The van der Waals surface area contributed by atoms with Crippen LogP contribution in [0.25, 0.3) is 10.9 Å². The highest BCUT2D eigenvalue weighted by atomic mass is 35.5. The molecule has 0 bridgehead atoms. The maximum atomic E-state index is 12.9. The largest absolute Gasteiger partial charge is 0.339 e. The highest BCUT2D eigenvalue weighted by molar-refractivity contribution is 6.31. The Morgan fingerprint density at radius 3 is 2.47 bits per heavy atom. The van der Waals surface area contributed by atoms with Gasteiger partial charge in [0.1, 0.15) is 6.54 Å². The van der Waals surface area contributed by atoms with E-state index in [0.29, 0.717) is 40.3 Å². The summed E-state index contributed by atoms with van der Waals surface area (Å²) in [6, 6.07) is 13.7. The first kappa shape index (κ1) is 21.6. The fourth-order valence-electron chi connectivity index (χ4n) is 3.42. The van der Waals surface area contributed by atoms with E-state index >= 15 is 0 Å². The summed E-state index contributed by atoms with van der Waals surface area (Å²) in [6.07, 6.45) is 0. The van der Waals surface area contributed by atoms with E-state index in [0.717, 1.165) is 5.56 Å². The number of hydrogen-bond acceptors (Lipinski definition) is 3. The van der Waals surface area contributed by atoms with Crippen LogP contribution in [0.4, 0.5) is 5.69 Å². The third-order valence-corrected chi connectivity index (χ3v) is 5.31. The zero-order valence-electron chi connectivity index (χ0n) is 17.2. The molecule has 7 heteroatoms. The molecule has 2 aromatic carbocycles. The molecule has 30 heavy (non-hydrogen) atoms. The lowest BCUT2D eigenvalue weighted by Gasteiger charge is -2.20. The number of amides is 2. The molecule has 0 aliphatic heterocycles. The summed E-state index contributed by atoms with van der Waals surface area (Å²) >= 11 is 6.02. The first-order valence-electron chi connectivity index (χ1n) is 9.83. The number of para-hydroxylation sites is 1. The van der Waals surface area contributed by atoms with Gasteiger partial charge in [-0.25, -0.2) is 0 Å². The van der Waals surface area contributed by atoms with Crippen LogP contribution in [-0.4, -0.2) is 34.4 Å². The highest BCUT2D eigenvalue weighted by Gasteiger charge is 2.19. The quantitative estimate of drug-likeness (QED) is 0.646. The molecular formula is C23H24ClN3O3. The monoisotopic (exact) mass is 425 g/mol. The van der Waals surface area contributed by atoms with E-state index in [1.807, 2.05) is 32.9 Å². The molecule has 0 fully saturated rings. The maximum Gasteiger partial charge on any atom is 0.254 e. The van der Waals surface area contributed by atoms with Gasteiger partial charge in [-0.15, -0.1) is 0 Å². The van der Waals surface area contributed by atoms with Gasteiger partial charge in [-0.05, 0) is 44.5 Å². The number of carbonyl (C=O) groups excluding carboxylic acids is 2. The van der Waals surface area contributed by atoms with Crippen LogP contribution in [0.1, 0.15) is 29.8 Å². The van der Waals surface area contributed by atoms with Crippen molar-refractivity contribution >= 4 is 40.0 Å². The summed E-state index contributed by atoms with van der Waals surface area (Å²) < 4.78 is 1.38. The number of aryl methyl sites for hydroxylation is 1. The molecule has 0 radical (unpaired) electrons. The van der Waals surface area contributed by atoms with Crippen molar-refractivity contribution in [2.24, 2.45) is 0 Å². The lowest BCUT2D eigenvalue weighted by molar-refractivity contribution is -0.116. The molecule has 3 aromatic rings. The number of fused-ring (bicyclic) bond motifs is 1. The maximum absolute atomic E-state index is 12.9. The van der Waals surface area contributed by atoms with Gasteiger partial charge in [0.05, 0.1) is 11.1 Å². The van der Waals surface area contributed by atoms with Crippen molar-refractivity contribution < 1.29 is 9.59 Å². The minimum Gasteiger partial charge on any atom is -0.339 e. The van der Waals surface area contributed by atoms with Crippen molar-refractivity contribution in [1.29, 1.82) is 0 Å². The predicted octanol–water partition coefficient (Wildman–Crippen LogP) is 4.08. The molecule has 3 rings (SSSR count). The molecule has 0 saturated carbocycles. The van der Waals surface area contributed by atoms with E-state index in [-0.39, 0.29) is 18.4 Å². The lowest BCUT2D eigenvalue weighted by Crippen LogP contribution is -2.33. The van der Waals surface area contributed by atoms with Crippen molar-refractivity contribution in [1.82, 2.24) is 9.47 Å². The van der Waals surface area contributed by atoms with Gasteiger partial charge >= 0.3 is 0 Å². The summed E-state index contributed by atoms with van der Waals surface area (Å²) in [5.74, 6) is -0.546. The van der Waals surface area contributed by atoms with Gasteiger partial charge < -0.3 is 10.2 Å². The van der Waals surface area contributed by atoms with Crippen LogP contribution in [0, 0.1) is 6.92 Å². The van der Waals surface area contributed by atoms with Crippen LogP contribution < -0.4 is 10.9 Å². The summed E-state index contributed by atoms with van der Waals surface area (Å²) in [6.45, 7) is 6.58. The molecule has 1 heterocycles. The smallest absolute Gasteiger partial charge is 0.254 e. The number of benzene rings is 2. The van der Waals surface area contributed by atoms with E-state index < -0.39 is 5.56 Å². The first-order valence-corrected chi connectivity index (χ1v) is 10.2. The van der Waals surface area contributed by atoms with E-state index in [1.165, 1.54) is 10.6 Å². The van der Waals surface area contributed by atoms with Gasteiger partial charge in [0.2, 0.25) is 5.91 Å². The third kappa shape index (κ3) is 4.39. The Labute approximate surface area is 180 Å². The van der Waals surface area contributed by atoms with E-state index in [4.69, 9.17) is 11.6 Å². The Kier molecular flexibility index (Phi) is 6.57. The van der Waals surface area contributed by atoms with Crippen LogP contribution in [0.15, 0.2) is 53.3 Å². The second-order valence-electron chi connectivity index (χ2n) is 6.98. The first-order chi connectivity index (χ1) is 14.3. The molecule has 0 saturated heterocycles. The molecule has 156 valence electrons. The molecule has 1 aromatic heterocycles. The van der Waals surface area contributed by atoms with Crippen molar-refractivity contribution in [3.63, 3.8) is 0 Å². The zero-order chi connectivity index (χ0) is 21.8. The van der Waals surface area contributed by atoms with Gasteiger partial charge in [0.15, 0.2) is 0 Å². The van der Waals surface area contributed by atoms with E-state index in [9.17, 15) is 14.4 Å². The Morgan fingerprint density at radius 2 is 1.77 bits per heavy atom. The second kappa shape index (κ2) is 9.13. The van der Waals surface area contributed by atoms with Gasteiger partial charge in [-0.1, -0.05) is 35.9 Å². The fraction of sp³-hybridized carbons (Fsp3) is 0.261. The van der Waals surface area contributed by atoms with Gasteiger partial charge in [0, 0.05) is 35.3 Å². The molecule has 0 spiro atoms. The van der Waals surface area contributed by atoms with Gasteiger partial charge in [-0.3, -0.25) is 19.0 Å². The molecule has 1 N–H and O–H groups in total. The van der Waals surface area contributed by atoms with E-state index in [1.54, 1.807) is 35.2 Å².